The molecule has 1 aliphatic carbocycles. The second-order valence-corrected chi connectivity index (χ2v) is 19.8. The number of nitrogens with zero attached hydrogens (tertiary/aromatic N) is 6. The van der Waals surface area contributed by atoms with E-state index in [1.54, 1.807) is 0 Å². The molecule has 2 aliphatic rings. The lowest BCUT2D eigenvalue weighted by Crippen LogP contribution is -2.32. The molecular formula is C64H38N6S. The number of benzene rings is 8. The van der Waals surface area contributed by atoms with Crippen molar-refractivity contribution in [2.45, 2.75) is 15.2 Å². The molecule has 6 aromatic heterocycles. The van der Waals surface area contributed by atoms with Gasteiger partial charge in [0.25, 0.3) is 0 Å². The Labute approximate surface area is 411 Å². The van der Waals surface area contributed by atoms with E-state index in [0.717, 1.165) is 72.9 Å². The van der Waals surface area contributed by atoms with Crippen LogP contribution in [0, 0.1) is 0 Å². The van der Waals surface area contributed by atoms with E-state index in [2.05, 4.69) is 226 Å². The van der Waals surface area contributed by atoms with Crippen LogP contribution in [0.2, 0.25) is 0 Å². The molecule has 1 unspecified atom stereocenters. The Kier molecular flexibility index (Phi) is 7.94. The van der Waals surface area contributed by atoms with E-state index in [-0.39, 0.29) is 0 Å². The van der Waals surface area contributed by atoms with Crippen molar-refractivity contribution in [3.63, 3.8) is 0 Å². The van der Waals surface area contributed by atoms with Gasteiger partial charge in [-0.15, -0.1) is 0 Å². The normalized spacial score (nSPS) is 14.8. The Hall–Kier alpha value is -9.04. The fourth-order valence-electron chi connectivity index (χ4n) is 12.3. The minimum atomic E-state index is -0.674. The molecule has 1 spiro atoms. The molecule has 0 saturated heterocycles. The molecule has 1 aliphatic heterocycles. The molecule has 0 saturated carbocycles. The van der Waals surface area contributed by atoms with E-state index in [0.29, 0.717) is 0 Å². The molecule has 7 heterocycles. The predicted molar refractivity (Wildman–Crippen MR) is 290 cm³/mol. The summed E-state index contributed by atoms with van der Waals surface area (Å²) in [6.45, 7) is 0. The SMILES string of the molecule is c1ccc2c(c1)Sc1ccc(-n3c4ccccc4c4ccccc43)cc1C21c2cccnc2-c2ncc(-c3ccc4c(c3)c3ccccc3n4-c3ccc(-n4c5ccccc5c5ccccc54)nc3)cc21. The number of para-hydroxylation sites is 5. The number of rotatable bonds is 4. The highest BCUT2D eigenvalue weighted by Crippen LogP contribution is 2.62. The third-order valence-corrected chi connectivity index (χ3v) is 16.4. The first-order valence-electron chi connectivity index (χ1n) is 24.1. The Balaban J connectivity index is 0.874. The molecule has 71 heavy (non-hydrogen) atoms. The van der Waals surface area contributed by atoms with Crippen LogP contribution in [-0.2, 0) is 5.41 Å². The van der Waals surface area contributed by atoms with E-state index in [4.69, 9.17) is 15.0 Å². The van der Waals surface area contributed by atoms with Gasteiger partial charge in [0.2, 0.25) is 0 Å². The molecule has 14 aromatic rings. The minimum Gasteiger partial charge on any atom is -0.309 e. The van der Waals surface area contributed by atoms with Crippen LogP contribution in [0.3, 0.4) is 0 Å². The minimum absolute atomic E-state index is 0.674. The maximum atomic E-state index is 5.40. The maximum absolute atomic E-state index is 5.40. The van der Waals surface area contributed by atoms with Crippen LogP contribution >= 0.6 is 11.8 Å². The number of pyridine rings is 3. The second kappa shape index (κ2) is 14.5. The Morgan fingerprint density at radius 2 is 0.859 bits per heavy atom. The monoisotopic (exact) mass is 922 g/mol. The van der Waals surface area contributed by atoms with E-state index >= 15 is 0 Å². The van der Waals surface area contributed by atoms with Gasteiger partial charge in [0.1, 0.15) is 5.82 Å². The Morgan fingerprint density at radius 3 is 1.52 bits per heavy atom. The summed E-state index contributed by atoms with van der Waals surface area (Å²) in [6.07, 6.45) is 5.97. The first kappa shape index (κ1) is 38.9. The second-order valence-electron chi connectivity index (χ2n) is 18.7. The summed E-state index contributed by atoms with van der Waals surface area (Å²) in [5.74, 6) is 0.887. The maximum Gasteiger partial charge on any atom is 0.137 e. The summed E-state index contributed by atoms with van der Waals surface area (Å²) in [5.41, 5.74) is 17.2. The first-order chi connectivity index (χ1) is 35.2. The quantitative estimate of drug-likeness (QED) is 0.176. The van der Waals surface area contributed by atoms with Gasteiger partial charge >= 0.3 is 0 Å². The van der Waals surface area contributed by atoms with Crippen molar-refractivity contribution >= 4 is 77.2 Å². The third kappa shape index (κ3) is 5.25. The van der Waals surface area contributed by atoms with Crippen molar-refractivity contribution in [3.8, 4) is 39.7 Å². The van der Waals surface area contributed by atoms with E-state index < -0.39 is 5.41 Å². The van der Waals surface area contributed by atoms with Crippen molar-refractivity contribution in [3.05, 3.63) is 253 Å². The lowest BCUT2D eigenvalue weighted by molar-refractivity contribution is 0.718. The molecule has 0 bridgehead atoms. The number of fused-ring (bicyclic) bond motifs is 18. The Bertz CT molecular complexity index is 4470. The molecular weight excluding hydrogens is 885 g/mol. The van der Waals surface area contributed by atoms with Crippen molar-refractivity contribution in [2.24, 2.45) is 0 Å². The van der Waals surface area contributed by atoms with Crippen molar-refractivity contribution < 1.29 is 0 Å². The predicted octanol–water partition coefficient (Wildman–Crippen LogP) is 15.7. The van der Waals surface area contributed by atoms with Crippen molar-refractivity contribution in [1.82, 2.24) is 28.7 Å². The molecule has 1 atom stereocenters. The van der Waals surface area contributed by atoms with Crippen LogP contribution in [0.1, 0.15) is 22.3 Å². The zero-order valence-electron chi connectivity index (χ0n) is 38.0. The molecule has 0 amide bonds. The highest BCUT2D eigenvalue weighted by atomic mass is 32.2. The molecule has 7 heteroatoms. The average molecular weight is 923 g/mol. The standard InChI is InChI=1S/C64H38N6S/c1-7-21-53-43(14-1)44-15-2-8-22-54(44)68(53)41-28-31-60-51(36-41)64(49-19-6-12-26-59(49)71-60)50-20-13-33-65-62(50)63-52(64)35-40(37-67-63)39-27-30-58-48(34-39)47-18-5-9-23-55(47)69(58)42-29-32-61(66-38-42)70-56-24-10-3-16-45(56)46-17-4-11-25-57(46)70/h1-38H. The summed E-state index contributed by atoms with van der Waals surface area (Å²) in [4.78, 5) is 18.1. The van der Waals surface area contributed by atoms with Crippen LogP contribution in [0.25, 0.3) is 105 Å². The van der Waals surface area contributed by atoms with E-state index in [9.17, 15) is 0 Å². The van der Waals surface area contributed by atoms with Crippen LogP contribution in [0.4, 0.5) is 0 Å². The van der Waals surface area contributed by atoms with Crippen molar-refractivity contribution in [2.75, 3.05) is 0 Å². The number of aromatic nitrogens is 6. The lowest BCUT2D eigenvalue weighted by Gasteiger charge is -2.39. The average Bonchev–Trinajstić information content (AvgIpc) is 4.15. The van der Waals surface area contributed by atoms with E-state index in [1.165, 1.54) is 64.3 Å². The number of hydrogen-bond donors (Lipinski definition) is 0. The van der Waals surface area contributed by atoms with Gasteiger partial charge in [-0.1, -0.05) is 133 Å². The van der Waals surface area contributed by atoms with Crippen LogP contribution in [-0.4, -0.2) is 28.7 Å². The smallest absolute Gasteiger partial charge is 0.137 e. The molecule has 0 N–H and O–H groups in total. The molecule has 0 fully saturated rings. The zero-order valence-corrected chi connectivity index (χ0v) is 38.8. The Morgan fingerprint density at radius 1 is 0.324 bits per heavy atom. The van der Waals surface area contributed by atoms with E-state index in [1.807, 2.05) is 30.4 Å². The van der Waals surface area contributed by atoms with Gasteiger partial charge in [0.15, 0.2) is 0 Å². The van der Waals surface area contributed by atoms with Gasteiger partial charge in [0.05, 0.1) is 61.8 Å². The summed E-state index contributed by atoms with van der Waals surface area (Å²) in [7, 11) is 0. The van der Waals surface area contributed by atoms with Gasteiger partial charge in [-0.25, -0.2) is 4.98 Å². The number of hydrogen-bond acceptors (Lipinski definition) is 4. The zero-order chi connectivity index (χ0) is 46.4. The topological polar surface area (TPSA) is 53.5 Å². The molecule has 0 radical (unpaired) electrons. The third-order valence-electron chi connectivity index (χ3n) is 15.2. The lowest BCUT2D eigenvalue weighted by atomic mass is 9.67. The largest absolute Gasteiger partial charge is 0.309 e. The molecule has 8 aromatic carbocycles. The van der Waals surface area contributed by atoms with Crippen LogP contribution in [0.5, 0.6) is 0 Å². The van der Waals surface area contributed by atoms with Gasteiger partial charge in [0, 0.05) is 71.3 Å². The molecule has 16 rings (SSSR count). The van der Waals surface area contributed by atoms with Gasteiger partial charge < -0.3 is 9.13 Å². The fourth-order valence-corrected chi connectivity index (χ4v) is 13.5. The summed E-state index contributed by atoms with van der Waals surface area (Å²) < 4.78 is 7.04. The summed E-state index contributed by atoms with van der Waals surface area (Å²) in [5, 5.41) is 7.29. The van der Waals surface area contributed by atoms with Gasteiger partial charge in [-0.2, -0.15) is 0 Å². The highest BCUT2D eigenvalue weighted by molar-refractivity contribution is 7.99. The highest BCUT2D eigenvalue weighted by Gasteiger charge is 2.52. The van der Waals surface area contributed by atoms with Crippen LogP contribution in [0.15, 0.2) is 241 Å². The molecule has 6 nitrogen and oxygen atoms in total. The first-order valence-corrected chi connectivity index (χ1v) is 24.9. The van der Waals surface area contributed by atoms with Gasteiger partial charge in [-0.3, -0.25) is 14.5 Å². The van der Waals surface area contributed by atoms with Crippen molar-refractivity contribution in [1.29, 1.82) is 0 Å². The summed E-state index contributed by atoms with van der Waals surface area (Å²) in [6, 6.07) is 77.4. The fraction of sp³-hybridized carbons (Fsp3) is 0.0156. The van der Waals surface area contributed by atoms with Gasteiger partial charge in [-0.05, 0) is 113 Å². The van der Waals surface area contributed by atoms with Crippen LogP contribution < -0.4 is 0 Å². The summed E-state index contributed by atoms with van der Waals surface area (Å²) >= 11 is 1.85. The molecule has 330 valence electrons.